The van der Waals surface area contributed by atoms with Gasteiger partial charge >= 0.3 is 5.97 Å². The van der Waals surface area contributed by atoms with E-state index in [1.54, 1.807) is 43.3 Å². The van der Waals surface area contributed by atoms with Crippen molar-refractivity contribution < 1.29 is 24.2 Å². The van der Waals surface area contributed by atoms with E-state index in [-0.39, 0.29) is 6.61 Å². The third kappa shape index (κ3) is 6.02. The second-order valence-electron chi connectivity index (χ2n) is 9.05. The molecule has 0 radical (unpaired) electrons. The highest BCUT2D eigenvalue weighted by Crippen LogP contribution is 2.46. The number of amides is 1. The highest BCUT2D eigenvalue weighted by atomic mass is 35.5. The number of benzene rings is 2. The third-order valence-electron chi connectivity index (χ3n) is 6.58. The van der Waals surface area contributed by atoms with E-state index in [4.69, 9.17) is 32.7 Å². The molecule has 1 fully saturated rings. The SMILES string of the molecule is CCC[C@@H](C(=O)OCC)N1C(=O)C(C(O)c2ccncc2)O[C@H](c2ccc(Cl)cc2)[C@@H]1c1ccc(Cl)cc1. The van der Waals surface area contributed by atoms with Crippen molar-refractivity contribution in [1.82, 2.24) is 9.88 Å². The molecular weight excluding hydrogens is 527 g/mol. The van der Waals surface area contributed by atoms with Gasteiger partial charge in [0.25, 0.3) is 5.91 Å². The molecule has 7 nitrogen and oxygen atoms in total. The van der Waals surface area contributed by atoms with E-state index in [1.807, 2.05) is 31.2 Å². The fourth-order valence-electron chi connectivity index (χ4n) is 4.80. The molecule has 1 N–H and O–H groups in total. The predicted octanol–water partition coefficient (Wildman–Crippen LogP) is 5.86. The summed E-state index contributed by atoms with van der Waals surface area (Å²) >= 11 is 12.4. The predicted molar refractivity (Wildman–Crippen MR) is 145 cm³/mol. The van der Waals surface area contributed by atoms with E-state index in [0.717, 1.165) is 11.1 Å². The number of halogens is 2. The van der Waals surface area contributed by atoms with Gasteiger partial charge in [-0.3, -0.25) is 9.78 Å². The average molecular weight is 557 g/mol. The Bertz CT molecular complexity index is 1220. The van der Waals surface area contributed by atoms with Crippen molar-refractivity contribution in [3.8, 4) is 0 Å². The minimum Gasteiger partial charge on any atom is -0.464 e. The van der Waals surface area contributed by atoms with Crippen LogP contribution in [-0.4, -0.2) is 45.6 Å². The van der Waals surface area contributed by atoms with E-state index < -0.39 is 42.3 Å². The maximum atomic E-state index is 14.2. The summed E-state index contributed by atoms with van der Waals surface area (Å²) in [5.74, 6) is -1.01. The monoisotopic (exact) mass is 556 g/mol. The third-order valence-corrected chi connectivity index (χ3v) is 7.08. The molecule has 0 bridgehead atoms. The van der Waals surface area contributed by atoms with Crippen LogP contribution in [-0.2, 0) is 19.1 Å². The Kier molecular flexibility index (Phi) is 9.39. The first-order valence-electron chi connectivity index (χ1n) is 12.6. The first kappa shape index (κ1) is 28.0. The summed E-state index contributed by atoms with van der Waals surface area (Å²) < 4.78 is 11.9. The Morgan fingerprint density at radius 2 is 1.58 bits per heavy atom. The molecular formula is C29H30Cl2N2O5. The summed E-state index contributed by atoms with van der Waals surface area (Å²) in [6.07, 6.45) is 0.769. The van der Waals surface area contributed by atoms with Crippen LogP contribution in [0, 0.1) is 0 Å². The first-order chi connectivity index (χ1) is 18.3. The number of nitrogens with zero attached hydrogens (tertiary/aromatic N) is 2. The number of aliphatic hydroxyl groups is 1. The Morgan fingerprint density at radius 3 is 2.13 bits per heavy atom. The van der Waals surface area contributed by atoms with Crippen molar-refractivity contribution in [1.29, 1.82) is 0 Å². The molecule has 1 aliphatic heterocycles. The lowest BCUT2D eigenvalue weighted by Gasteiger charge is -2.48. The van der Waals surface area contributed by atoms with Crippen molar-refractivity contribution in [2.24, 2.45) is 0 Å². The highest BCUT2D eigenvalue weighted by molar-refractivity contribution is 6.30. The lowest BCUT2D eigenvalue weighted by Crippen LogP contribution is -2.58. The summed E-state index contributed by atoms with van der Waals surface area (Å²) in [7, 11) is 0. The minimum absolute atomic E-state index is 0.173. The molecule has 4 rings (SSSR count). The van der Waals surface area contributed by atoms with Gasteiger partial charge in [0.15, 0.2) is 6.10 Å². The van der Waals surface area contributed by atoms with Crippen LogP contribution >= 0.6 is 23.2 Å². The van der Waals surface area contributed by atoms with E-state index in [0.29, 0.717) is 28.5 Å². The van der Waals surface area contributed by atoms with Gasteiger partial charge in [0.1, 0.15) is 18.2 Å². The number of aromatic nitrogens is 1. The van der Waals surface area contributed by atoms with Crippen LogP contribution in [0.15, 0.2) is 73.1 Å². The summed E-state index contributed by atoms with van der Waals surface area (Å²) in [5, 5.41) is 12.4. The van der Waals surface area contributed by atoms with Gasteiger partial charge in [0.05, 0.1) is 12.6 Å². The number of morpholine rings is 1. The lowest BCUT2D eigenvalue weighted by atomic mass is 9.88. The van der Waals surface area contributed by atoms with E-state index in [2.05, 4.69) is 4.98 Å². The highest BCUT2D eigenvalue weighted by Gasteiger charge is 2.50. The molecule has 0 spiro atoms. The number of carbonyl (C=O) groups is 2. The molecule has 2 heterocycles. The van der Waals surface area contributed by atoms with Crippen molar-refractivity contribution in [2.45, 2.75) is 57.1 Å². The summed E-state index contributed by atoms with van der Waals surface area (Å²) in [4.78, 5) is 33.0. The van der Waals surface area contributed by atoms with Gasteiger partial charge < -0.3 is 19.5 Å². The number of rotatable bonds is 9. The van der Waals surface area contributed by atoms with Crippen LogP contribution in [0.2, 0.25) is 10.0 Å². The normalized spacial score (nSPS) is 21.1. The van der Waals surface area contributed by atoms with Crippen molar-refractivity contribution in [2.75, 3.05) is 6.61 Å². The van der Waals surface area contributed by atoms with E-state index in [9.17, 15) is 14.7 Å². The number of carbonyl (C=O) groups excluding carboxylic acids is 2. The molecule has 1 aliphatic rings. The maximum Gasteiger partial charge on any atom is 0.328 e. The number of ether oxygens (including phenoxy) is 2. The fraction of sp³-hybridized carbons (Fsp3) is 0.345. The molecule has 1 saturated heterocycles. The molecule has 9 heteroatoms. The Morgan fingerprint density at radius 1 is 1.00 bits per heavy atom. The summed E-state index contributed by atoms with van der Waals surface area (Å²) in [5.41, 5.74) is 1.93. The molecule has 5 atom stereocenters. The van der Waals surface area contributed by atoms with Crippen molar-refractivity contribution in [3.63, 3.8) is 0 Å². The Balaban J connectivity index is 1.90. The molecule has 2 unspecified atom stereocenters. The van der Waals surface area contributed by atoms with Crippen LogP contribution in [0.3, 0.4) is 0 Å². The number of pyridine rings is 1. The number of hydrogen-bond donors (Lipinski definition) is 1. The van der Waals surface area contributed by atoms with Crippen LogP contribution < -0.4 is 0 Å². The second-order valence-corrected chi connectivity index (χ2v) is 9.93. The molecule has 1 aromatic heterocycles. The van der Waals surface area contributed by atoms with Gasteiger partial charge in [-0.15, -0.1) is 0 Å². The van der Waals surface area contributed by atoms with Gasteiger partial charge in [-0.25, -0.2) is 4.79 Å². The average Bonchev–Trinajstić information content (AvgIpc) is 2.93. The van der Waals surface area contributed by atoms with Crippen LogP contribution in [0.5, 0.6) is 0 Å². The largest absolute Gasteiger partial charge is 0.464 e. The van der Waals surface area contributed by atoms with Crippen LogP contribution in [0.1, 0.15) is 61.6 Å². The first-order valence-corrected chi connectivity index (χ1v) is 13.3. The molecule has 38 heavy (non-hydrogen) atoms. The minimum atomic E-state index is -1.29. The Hall–Kier alpha value is -2.97. The smallest absolute Gasteiger partial charge is 0.328 e. The molecule has 3 aromatic rings. The van der Waals surface area contributed by atoms with Gasteiger partial charge in [-0.1, -0.05) is 60.8 Å². The van der Waals surface area contributed by atoms with Gasteiger partial charge in [0.2, 0.25) is 0 Å². The van der Waals surface area contributed by atoms with Gasteiger partial charge in [0, 0.05) is 22.4 Å². The Labute approximate surface area is 232 Å². The zero-order valence-electron chi connectivity index (χ0n) is 21.2. The van der Waals surface area contributed by atoms with Crippen molar-refractivity contribution >= 4 is 35.1 Å². The quantitative estimate of drug-likeness (QED) is 0.332. The van der Waals surface area contributed by atoms with Gasteiger partial charge in [-0.05, 0) is 66.4 Å². The zero-order chi connectivity index (χ0) is 27.2. The van der Waals surface area contributed by atoms with Gasteiger partial charge in [-0.2, -0.15) is 0 Å². The second kappa shape index (κ2) is 12.7. The van der Waals surface area contributed by atoms with Crippen molar-refractivity contribution in [3.05, 3.63) is 99.8 Å². The maximum absolute atomic E-state index is 14.2. The summed E-state index contributed by atoms with van der Waals surface area (Å²) in [6.45, 7) is 3.84. The van der Waals surface area contributed by atoms with E-state index >= 15 is 0 Å². The molecule has 200 valence electrons. The molecule has 2 aromatic carbocycles. The standard InChI is InChI=1S/C29H30Cl2N2O5/c1-3-5-23(29(36)37-4-2)33-24(18-6-10-21(30)11-7-18)26(20-8-12-22(31)13-9-20)38-27(28(33)35)25(34)19-14-16-32-17-15-19/h6-17,23-27,34H,3-5H2,1-2H3/t23-,24-,25?,26+,27?/m0/s1. The number of esters is 1. The van der Waals surface area contributed by atoms with E-state index in [1.165, 1.54) is 17.3 Å². The molecule has 0 saturated carbocycles. The summed E-state index contributed by atoms with van der Waals surface area (Å²) in [6, 6.07) is 15.9. The molecule has 0 aliphatic carbocycles. The van der Waals surface area contributed by atoms with Crippen LogP contribution in [0.4, 0.5) is 0 Å². The fourth-order valence-corrected chi connectivity index (χ4v) is 5.06. The lowest BCUT2D eigenvalue weighted by molar-refractivity contribution is -0.198. The molecule has 1 amide bonds. The number of hydrogen-bond acceptors (Lipinski definition) is 6. The van der Waals surface area contributed by atoms with Crippen LogP contribution in [0.25, 0.3) is 0 Å². The zero-order valence-corrected chi connectivity index (χ0v) is 22.7. The topological polar surface area (TPSA) is 89.0 Å². The number of aliphatic hydroxyl groups excluding tert-OH is 1.